The molecule has 0 bridgehead atoms. The van der Waals surface area contributed by atoms with Gasteiger partial charge >= 0.3 is 0 Å². The van der Waals surface area contributed by atoms with Crippen LogP contribution in [0.1, 0.15) is 10.4 Å². The number of anilines is 1. The van der Waals surface area contributed by atoms with Crippen molar-refractivity contribution in [3.8, 4) is 28.2 Å². The molecule has 1 heterocycles. The molecule has 0 aliphatic carbocycles. The van der Waals surface area contributed by atoms with Gasteiger partial charge in [0.1, 0.15) is 17.1 Å². The first-order valence-electron chi connectivity index (χ1n) is 7.03. The van der Waals surface area contributed by atoms with E-state index in [0.717, 1.165) is 11.1 Å². The molecule has 3 aromatic rings. The Hall–Kier alpha value is -3.21. The second kappa shape index (κ2) is 5.88. The molecule has 0 saturated heterocycles. The predicted molar refractivity (Wildman–Crippen MR) is 89.1 cm³/mol. The van der Waals surface area contributed by atoms with Gasteiger partial charge in [-0.1, -0.05) is 42.5 Å². The first-order valence-corrected chi connectivity index (χ1v) is 7.03. The Balaban J connectivity index is 2.25. The molecule has 0 aliphatic heterocycles. The molecule has 0 fully saturated rings. The maximum atomic E-state index is 11.8. The minimum absolute atomic E-state index is 0.0159. The molecule has 1 amide bonds. The first-order chi connectivity index (χ1) is 11.1. The van der Waals surface area contributed by atoms with E-state index in [9.17, 15) is 4.79 Å². The fraction of sp³-hybridized carbons (Fsp3) is 0.0556. The smallest absolute Gasteiger partial charge is 0.254 e. The van der Waals surface area contributed by atoms with Crippen molar-refractivity contribution in [3.05, 3.63) is 60.2 Å². The number of amides is 1. The maximum Gasteiger partial charge on any atom is 0.254 e. The second-order valence-corrected chi connectivity index (χ2v) is 5.00. The van der Waals surface area contributed by atoms with E-state index in [-0.39, 0.29) is 11.4 Å². The lowest BCUT2D eigenvalue weighted by Gasteiger charge is -2.06. The van der Waals surface area contributed by atoms with Gasteiger partial charge in [-0.05, 0) is 17.7 Å². The van der Waals surface area contributed by atoms with Crippen molar-refractivity contribution in [3.63, 3.8) is 0 Å². The highest BCUT2D eigenvalue weighted by molar-refractivity contribution is 6.07. The standard InChI is InChI=1S/C18H16N2O3/c1-22-13-9-7-11(8-10-13)14-15(17(19)21)18(20)23-16(14)12-5-3-2-4-6-12/h2-10H,20H2,1H3,(H2,19,21). The lowest BCUT2D eigenvalue weighted by Crippen LogP contribution is -2.13. The van der Waals surface area contributed by atoms with Crippen molar-refractivity contribution in [2.75, 3.05) is 12.8 Å². The van der Waals surface area contributed by atoms with Crippen LogP contribution in [0.4, 0.5) is 5.88 Å². The van der Waals surface area contributed by atoms with Crippen LogP contribution in [0, 0.1) is 0 Å². The highest BCUT2D eigenvalue weighted by Gasteiger charge is 2.24. The van der Waals surface area contributed by atoms with Crippen LogP contribution < -0.4 is 16.2 Å². The number of hydrogen-bond donors (Lipinski definition) is 2. The lowest BCUT2D eigenvalue weighted by molar-refractivity contribution is 0.100. The molecule has 0 saturated carbocycles. The van der Waals surface area contributed by atoms with Gasteiger partial charge in [-0.15, -0.1) is 0 Å². The van der Waals surface area contributed by atoms with Crippen LogP contribution in [0.25, 0.3) is 22.5 Å². The van der Waals surface area contributed by atoms with Gasteiger partial charge in [0.2, 0.25) is 5.88 Å². The Labute approximate surface area is 133 Å². The molecule has 0 atom stereocenters. The normalized spacial score (nSPS) is 10.5. The van der Waals surface area contributed by atoms with E-state index < -0.39 is 5.91 Å². The van der Waals surface area contributed by atoms with Crippen LogP contribution >= 0.6 is 0 Å². The van der Waals surface area contributed by atoms with Crippen LogP contribution in [0.5, 0.6) is 5.75 Å². The minimum atomic E-state index is -0.626. The van der Waals surface area contributed by atoms with Gasteiger partial charge in [-0.2, -0.15) is 0 Å². The second-order valence-electron chi connectivity index (χ2n) is 5.00. The Morgan fingerprint density at radius 2 is 1.65 bits per heavy atom. The highest BCUT2D eigenvalue weighted by Crippen LogP contribution is 2.40. The Bertz CT molecular complexity index is 837. The van der Waals surface area contributed by atoms with Crippen molar-refractivity contribution >= 4 is 11.8 Å². The number of carbonyl (C=O) groups excluding carboxylic acids is 1. The van der Waals surface area contributed by atoms with Gasteiger partial charge in [0.15, 0.2) is 0 Å². The molecule has 0 radical (unpaired) electrons. The molecule has 0 aliphatic rings. The number of primary amides is 1. The number of benzene rings is 2. The molecule has 1 aromatic heterocycles. The monoisotopic (exact) mass is 308 g/mol. The maximum absolute atomic E-state index is 11.8. The molecule has 4 N–H and O–H groups in total. The molecule has 0 unspecified atom stereocenters. The summed E-state index contributed by atoms with van der Waals surface area (Å²) in [6.07, 6.45) is 0. The summed E-state index contributed by atoms with van der Waals surface area (Å²) in [5, 5.41) is 0. The summed E-state index contributed by atoms with van der Waals surface area (Å²) in [7, 11) is 1.59. The summed E-state index contributed by atoms with van der Waals surface area (Å²) >= 11 is 0. The zero-order chi connectivity index (χ0) is 16.4. The highest BCUT2D eigenvalue weighted by atomic mass is 16.5. The van der Waals surface area contributed by atoms with E-state index in [1.165, 1.54) is 0 Å². The van der Waals surface area contributed by atoms with Crippen LogP contribution in [-0.4, -0.2) is 13.0 Å². The molecule has 23 heavy (non-hydrogen) atoms. The van der Waals surface area contributed by atoms with Crippen LogP contribution in [0.2, 0.25) is 0 Å². The van der Waals surface area contributed by atoms with Crippen LogP contribution in [0.15, 0.2) is 59.0 Å². The van der Waals surface area contributed by atoms with Crippen molar-refractivity contribution in [2.45, 2.75) is 0 Å². The zero-order valence-electron chi connectivity index (χ0n) is 12.6. The van der Waals surface area contributed by atoms with Crippen molar-refractivity contribution in [1.82, 2.24) is 0 Å². The van der Waals surface area contributed by atoms with Crippen molar-refractivity contribution in [2.24, 2.45) is 5.73 Å². The molecule has 3 rings (SSSR count). The number of nitrogen functional groups attached to an aromatic ring is 1. The number of furan rings is 1. The summed E-state index contributed by atoms with van der Waals surface area (Å²) in [6.45, 7) is 0. The van der Waals surface area contributed by atoms with E-state index in [4.69, 9.17) is 20.6 Å². The van der Waals surface area contributed by atoms with Gasteiger partial charge < -0.3 is 20.6 Å². The van der Waals surface area contributed by atoms with E-state index >= 15 is 0 Å². The third-order valence-corrected chi connectivity index (χ3v) is 3.60. The lowest BCUT2D eigenvalue weighted by atomic mass is 9.97. The third-order valence-electron chi connectivity index (χ3n) is 3.60. The number of ether oxygens (including phenoxy) is 1. The largest absolute Gasteiger partial charge is 0.497 e. The summed E-state index contributed by atoms with van der Waals surface area (Å²) in [4.78, 5) is 11.8. The van der Waals surface area contributed by atoms with Crippen LogP contribution in [-0.2, 0) is 0 Å². The molecule has 0 spiro atoms. The van der Waals surface area contributed by atoms with E-state index in [2.05, 4.69) is 0 Å². The average Bonchev–Trinajstić information content (AvgIpc) is 2.93. The minimum Gasteiger partial charge on any atom is -0.497 e. The summed E-state index contributed by atoms with van der Waals surface area (Å²) in [5.41, 5.74) is 13.7. The van der Waals surface area contributed by atoms with Gasteiger partial charge in [0, 0.05) is 11.1 Å². The SMILES string of the molecule is COc1ccc(-c2c(-c3ccccc3)oc(N)c2C(N)=O)cc1. The van der Waals surface area contributed by atoms with Crippen molar-refractivity contribution in [1.29, 1.82) is 0 Å². The fourth-order valence-electron chi connectivity index (χ4n) is 2.52. The molecular formula is C18H16N2O3. The van der Waals surface area contributed by atoms with Gasteiger partial charge in [-0.3, -0.25) is 4.79 Å². The van der Waals surface area contributed by atoms with E-state index in [1.807, 2.05) is 42.5 Å². The third kappa shape index (κ3) is 2.64. The number of nitrogens with two attached hydrogens (primary N) is 2. The quantitative estimate of drug-likeness (QED) is 0.773. The summed E-state index contributed by atoms with van der Waals surface area (Å²) in [5.74, 6) is 0.621. The topological polar surface area (TPSA) is 91.5 Å². The number of carbonyl (C=O) groups is 1. The number of rotatable bonds is 4. The average molecular weight is 308 g/mol. The molecular weight excluding hydrogens is 292 g/mol. The Morgan fingerprint density at radius 3 is 2.22 bits per heavy atom. The van der Waals surface area contributed by atoms with Gasteiger partial charge in [-0.25, -0.2) is 0 Å². The van der Waals surface area contributed by atoms with E-state index in [0.29, 0.717) is 17.1 Å². The van der Waals surface area contributed by atoms with Gasteiger partial charge in [0.05, 0.1) is 7.11 Å². The molecule has 2 aromatic carbocycles. The summed E-state index contributed by atoms with van der Waals surface area (Å²) in [6, 6.07) is 16.7. The predicted octanol–water partition coefficient (Wildman–Crippen LogP) is 3.30. The van der Waals surface area contributed by atoms with E-state index in [1.54, 1.807) is 19.2 Å². The fourth-order valence-corrected chi connectivity index (χ4v) is 2.52. The number of hydrogen-bond acceptors (Lipinski definition) is 4. The molecule has 116 valence electrons. The van der Waals surface area contributed by atoms with Gasteiger partial charge in [0.25, 0.3) is 5.91 Å². The summed E-state index contributed by atoms with van der Waals surface area (Å²) < 4.78 is 10.8. The Morgan fingerprint density at radius 1 is 1.00 bits per heavy atom. The number of methoxy groups -OCH3 is 1. The molecule has 5 nitrogen and oxygen atoms in total. The first kappa shape index (κ1) is 14.7. The molecule has 5 heteroatoms. The van der Waals surface area contributed by atoms with Crippen LogP contribution in [0.3, 0.4) is 0 Å². The zero-order valence-corrected chi connectivity index (χ0v) is 12.6. The van der Waals surface area contributed by atoms with Crippen molar-refractivity contribution < 1.29 is 13.9 Å². The Kier molecular flexibility index (Phi) is 3.76.